The molecule has 18 heavy (non-hydrogen) atoms. The summed E-state index contributed by atoms with van der Waals surface area (Å²) in [7, 11) is 1.62. The lowest BCUT2D eigenvalue weighted by Crippen LogP contribution is -2.42. The number of aromatic nitrogens is 1. The average molecular weight is 253 g/mol. The van der Waals surface area contributed by atoms with Crippen LogP contribution >= 0.6 is 0 Å². The van der Waals surface area contributed by atoms with Crippen LogP contribution in [0.15, 0.2) is 18.5 Å². The molecule has 0 amide bonds. The monoisotopic (exact) mass is 253 g/mol. The Labute approximate surface area is 107 Å². The first-order valence-corrected chi connectivity index (χ1v) is 6.41. The van der Waals surface area contributed by atoms with Gasteiger partial charge in [0.15, 0.2) is 0 Å². The quantitative estimate of drug-likeness (QED) is 0.900. The van der Waals surface area contributed by atoms with Gasteiger partial charge in [0.1, 0.15) is 11.9 Å². The van der Waals surface area contributed by atoms with E-state index < -0.39 is 17.5 Å². The van der Waals surface area contributed by atoms with Crippen LogP contribution in [0.1, 0.15) is 44.3 Å². The van der Waals surface area contributed by atoms with E-state index in [9.17, 15) is 9.50 Å². The number of hydrogen-bond acceptors (Lipinski definition) is 3. The van der Waals surface area contributed by atoms with Gasteiger partial charge in [0, 0.05) is 18.9 Å². The Balaban J connectivity index is 2.22. The van der Waals surface area contributed by atoms with Gasteiger partial charge in [-0.3, -0.25) is 4.98 Å². The number of pyridine rings is 1. The van der Waals surface area contributed by atoms with Crippen molar-refractivity contribution >= 4 is 0 Å². The van der Waals surface area contributed by atoms with Crippen molar-refractivity contribution in [3.63, 3.8) is 0 Å². The molecule has 1 N–H and O–H groups in total. The number of aliphatic hydroxyl groups excluding tert-OH is 1. The molecular formula is C14H20FNO2. The van der Waals surface area contributed by atoms with Gasteiger partial charge in [0.2, 0.25) is 0 Å². The Morgan fingerprint density at radius 2 is 2.11 bits per heavy atom. The summed E-state index contributed by atoms with van der Waals surface area (Å²) in [5.41, 5.74) is -0.103. The Morgan fingerprint density at radius 3 is 2.67 bits per heavy atom. The highest BCUT2D eigenvalue weighted by molar-refractivity contribution is 5.17. The van der Waals surface area contributed by atoms with Crippen LogP contribution in [0.5, 0.6) is 0 Å². The number of ether oxygens (including phenoxy) is 1. The fraction of sp³-hybridized carbons (Fsp3) is 0.643. The van der Waals surface area contributed by atoms with E-state index >= 15 is 0 Å². The molecule has 4 heteroatoms. The molecule has 1 saturated carbocycles. The van der Waals surface area contributed by atoms with Gasteiger partial charge in [-0.2, -0.15) is 0 Å². The summed E-state index contributed by atoms with van der Waals surface area (Å²) in [4.78, 5) is 3.79. The van der Waals surface area contributed by atoms with Crippen LogP contribution in [-0.2, 0) is 4.74 Å². The van der Waals surface area contributed by atoms with Gasteiger partial charge >= 0.3 is 0 Å². The highest BCUT2D eigenvalue weighted by atomic mass is 19.1. The largest absolute Gasteiger partial charge is 0.385 e. The van der Waals surface area contributed by atoms with Gasteiger partial charge in [-0.05, 0) is 37.7 Å². The third-order valence-electron chi connectivity index (χ3n) is 4.07. The van der Waals surface area contributed by atoms with Crippen LogP contribution in [0.4, 0.5) is 4.39 Å². The predicted octanol–water partition coefficient (Wildman–Crippen LogP) is 2.85. The standard InChI is InChI=1S/C14H20FNO2/c1-10-3-5-14(18-2,6-4-10)13(17)11-7-12(15)9-16-8-11/h7-10,13,17H,3-6H2,1-2H3. The van der Waals surface area contributed by atoms with Gasteiger partial charge in [-0.15, -0.1) is 0 Å². The second-order valence-electron chi connectivity index (χ2n) is 5.29. The molecule has 0 bridgehead atoms. The van der Waals surface area contributed by atoms with Gasteiger partial charge in [0.05, 0.1) is 11.8 Å². The van der Waals surface area contributed by atoms with E-state index in [2.05, 4.69) is 11.9 Å². The van der Waals surface area contributed by atoms with Crippen molar-refractivity contribution in [3.8, 4) is 0 Å². The first kappa shape index (κ1) is 13.4. The molecule has 2 rings (SSSR count). The van der Waals surface area contributed by atoms with Gasteiger partial charge < -0.3 is 9.84 Å². The molecule has 0 aliphatic heterocycles. The van der Waals surface area contributed by atoms with E-state index in [0.29, 0.717) is 11.5 Å². The average Bonchev–Trinajstić information content (AvgIpc) is 2.39. The van der Waals surface area contributed by atoms with E-state index in [0.717, 1.165) is 31.9 Å². The number of methoxy groups -OCH3 is 1. The van der Waals surface area contributed by atoms with Crippen molar-refractivity contribution in [2.75, 3.05) is 7.11 Å². The zero-order chi connectivity index (χ0) is 13.2. The van der Waals surface area contributed by atoms with Crippen LogP contribution in [0.2, 0.25) is 0 Å². The topological polar surface area (TPSA) is 42.4 Å². The molecule has 1 heterocycles. The molecule has 100 valence electrons. The summed E-state index contributed by atoms with van der Waals surface area (Å²) in [6.07, 6.45) is 5.45. The number of rotatable bonds is 3. The lowest BCUT2D eigenvalue weighted by molar-refractivity contribution is -0.130. The van der Waals surface area contributed by atoms with Gasteiger partial charge in [0.25, 0.3) is 0 Å². The molecule has 1 atom stereocenters. The molecular weight excluding hydrogens is 233 g/mol. The summed E-state index contributed by atoms with van der Waals surface area (Å²) in [5, 5.41) is 10.5. The first-order valence-electron chi connectivity index (χ1n) is 6.41. The summed E-state index contributed by atoms with van der Waals surface area (Å²) in [6.45, 7) is 2.20. The molecule has 1 aromatic heterocycles. The molecule has 3 nitrogen and oxygen atoms in total. The van der Waals surface area contributed by atoms with Gasteiger partial charge in [-0.25, -0.2) is 4.39 Å². The van der Waals surface area contributed by atoms with Crippen molar-refractivity contribution in [1.82, 2.24) is 4.98 Å². The van der Waals surface area contributed by atoms with Crippen LogP contribution in [0.25, 0.3) is 0 Å². The maximum absolute atomic E-state index is 13.2. The van der Waals surface area contributed by atoms with Crippen LogP contribution in [-0.4, -0.2) is 22.8 Å². The smallest absolute Gasteiger partial charge is 0.141 e. The molecule has 1 unspecified atom stereocenters. The van der Waals surface area contributed by atoms with Crippen molar-refractivity contribution in [1.29, 1.82) is 0 Å². The summed E-state index contributed by atoms with van der Waals surface area (Å²) < 4.78 is 18.8. The lowest BCUT2D eigenvalue weighted by atomic mass is 9.75. The lowest BCUT2D eigenvalue weighted by Gasteiger charge is -2.41. The molecule has 0 saturated heterocycles. The first-order chi connectivity index (χ1) is 8.57. The zero-order valence-electron chi connectivity index (χ0n) is 10.9. The highest BCUT2D eigenvalue weighted by Gasteiger charge is 2.41. The summed E-state index contributed by atoms with van der Waals surface area (Å²) in [6, 6.07) is 1.33. The van der Waals surface area contributed by atoms with Crippen molar-refractivity contribution in [2.24, 2.45) is 5.92 Å². The maximum Gasteiger partial charge on any atom is 0.141 e. The normalized spacial score (nSPS) is 30.1. The van der Waals surface area contributed by atoms with Crippen molar-refractivity contribution in [3.05, 3.63) is 29.8 Å². The van der Waals surface area contributed by atoms with Crippen molar-refractivity contribution < 1.29 is 14.2 Å². The molecule has 1 aromatic rings. The SMILES string of the molecule is COC1(C(O)c2cncc(F)c2)CCC(C)CC1. The molecule has 0 radical (unpaired) electrons. The van der Waals surface area contributed by atoms with Crippen molar-refractivity contribution in [2.45, 2.75) is 44.3 Å². The Kier molecular flexibility index (Phi) is 3.97. The van der Waals surface area contributed by atoms with E-state index in [-0.39, 0.29) is 0 Å². The predicted molar refractivity (Wildman–Crippen MR) is 66.5 cm³/mol. The van der Waals surface area contributed by atoms with Crippen LogP contribution in [0, 0.1) is 11.7 Å². The Morgan fingerprint density at radius 1 is 1.44 bits per heavy atom. The minimum absolute atomic E-state index is 0.429. The van der Waals surface area contributed by atoms with E-state index in [1.807, 2.05) is 0 Å². The third kappa shape index (κ3) is 2.54. The fourth-order valence-electron chi connectivity index (χ4n) is 2.72. The number of hydrogen-bond donors (Lipinski definition) is 1. The maximum atomic E-state index is 13.2. The van der Waals surface area contributed by atoms with Crippen LogP contribution in [0.3, 0.4) is 0 Å². The highest BCUT2D eigenvalue weighted by Crippen LogP contribution is 2.42. The molecule has 0 aromatic carbocycles. The number of aliphatic hydroxyl groups is 1. The van der Waals surface area contributed by atoms with Gasteiger partial charge in [-0.1, -0.05) is 6.92 Å². The zero-order valence-corrected chi connectivity index (χ0v) is 10.9. The summed E-state index contributed by atoms with van der Waals surface area (Å²) >= 11 is 0. The number of halogens is 1. The Bertz CT molecular complexity index is 403. The minimum Gasteiger partial charge on any atom is -0.385 e. The third-order valence-corrected chi connectivity index (χ3v) is 4.07. The van der Waals surface area contributed by atoms with E-state index in [1.165, 1.54) is 12.3 Å². The Hall–Kier alpha value is -1.00. The molecule has 1 fully saturated rings. The van der Waals surface area contributed by atoms with Crippen LogP contribution < -0.4 is 0 Å². The molecule has 1 aliphatic carbocycles. The minimum atomic E-state index is -0.821. The molecule has 1 aliphatic rings. The number of nitrogens with zero attached hydrogens (tertiary/aromatic N) is 1. The fourth-order valence-corrected chi connectivity index (χ4v) is 2.72. The second-order valence-corrected chi connectivity index (χ2v) is 5.29. The molecule has 0 spiro atoms. The van der Waals surface area contributed by atoms with E-state index in [4.69, 9.17) is 4.74 Å². The van der Waals surface area contributed by atoms with E-state index in [1.54, 1.807) is 7.11 Å². The second kappa shape index (κ2) is 5.33. The summed E-state index contributed by atoms with van der Waals surface area (Å²) in [5.74, 6) is 0.230.